The van der Waals surface area contributed by atoms with Crippen LogP contribution in [-0.4, -0.2) is 12.0 Å². The molecule has 1 aromatic heterocycles. The fourth-order valence-electron chi connectivity index (χ4n) is 1.56. The quantitative estimate of drug-likeness (QED) is 0.873. The summed E-state index contributed by atoms with van der Waals surface area (Å²) in [6, 6.07) is 11.8. The van der Waals surface area contributed by atoms with Crippen LogP contribution in [0.3, 0.4) is 0 Å². The lowest BCUT2D eigenvalue weighted by Crippen LogP contribution is -2.05. The first-order chi connectivity index (χ1) is 8.29. The highest BCUT2D eigenvalue weighted by atomic mass is 16.5. The molecule has 2 aromatic rings. The van der Waals surface area contributed by atoms with Crippen molar-refractivity contribution in [3.8, 4) is 11.6 Å². The molecule has 1 heterocycles. The fraction of sp³-hybridized carbons (Fsp3) is 0.214. The fourth-order valence-corrected chi connectivity index (χ4v) is 1.56. The van der Waals surface area contributed by atoms with Crippen molar-refractivity contribution < 1.29 is 4.74 Å². The van der Waals surface area contributed by atoms with Crippen molar-refractivity contribution in [1.29, 1.82) is 0 Å². The van der Waals surface area contributed by atoms with E-state index in [1.807, 2.05) is 56.6 Å². The first-order valence-corrected chi connectivity index (χ1v) is 5.62. The van der Waals surface area contributed by atoms with Crippen LogP contribution in [0.25, 0.3) is 0 Å². The summed E-state index contributed by atoms with van der Waals surface area (Å²) in [7, 11) is 1.91. The number of hydrogen-bond donors (Lipinski definition) is 1. The average Bonchev–Trinajstić information content (AvgIpc) is 2.35. The van der Waals surface area contributed by atoms with Crippen LogP contribution in [0.2, 0.25) is 0 Å². The smallest absolute Gasteiger partial charge is 0.219 e. The topological polar surface area (TPSA) is 34.1 Å². The van der Waals surface area contributed by atoms with Gasteiger partial charge in [-0.15, -0.1) is 0 Å². The van der Waals surface area contributed by atoms with Gasteiger partial charge in [-0.3, -0.25) is 0 Å². The predicted octanol–water partition coefficient (Wildman–Crippen LogP) is 2.90. The molecule has 1 aromatic carbocycles. The summed E-state index contributed by atoms with van der Waals surface area (Å²) in [4.78, 5) is 4.27. The molecule has 17 heavy (non-hydrogen) atoms. The molecule has 0 aliphatic rings. The third kappa shape index (κ3) is 3.04. The summed E-state index contributed by atoms with van der Waals surface area (Å²) in [6.45, 7) is 2.84. The third-order valence-corrected chi connectivity index (χ3v) is 2.49. The molecule has 0 aliphatic carbocycles. The van der Waals surface area contributed by atoms with E-state index in [-0.39, 0.29) is 0 Å². The third-order valence-electron chi connectivity index (χ3n) is 2.49. The van der Waals surface area contributed by atoms with Gasteiger partial charge in [-0.05, 0) is 31.2 Å². The molecule has 0 fully saturated rings. The van der Waals surface area contributed by atoms with E-state index in [1.165, 1.54) is 0 Å². The molecule has 0 spiro atoms. The Balaban J connectivity index is 2.11. The van der Waals surface area contributed by atoms with Crippen LogP contribution >= 0.6 is 0 Å². The lowest BCUT2D eigenvalue weighted by molar-refractivity contribution is 0.459. The van der Waals surface area contributed by atoms with Crippen molar-refractivity contribution >= 4 is 0 Å². The largest absolute Gasteiger partial charge is 0.439 e. The Morgan fingerprint density at radius 2 is 2.00 bits per heavy atom. The van der Waals surface area contributed by atoms with Crippen LogP contribution in [0.1, 0.15) is 11.1 Å². The first-order valence-electron chi connectivity index (χ1n) is 5.62. The summed E-state index contributed by atoms with van der Waals surface area (Å²) in [6.07, 6.45) is 1.82. The van der Waals surface area contributed by atoms with E-state index >= 15 is 0 Å². The van der Waals surface area contributed by atoms with Crippen LogP contribution in [0.4, 0.5) is 0 Å². The Morgan fingerprint density at radius 1 is 1.18 bits per heavy atom. The lowest BCUT2D eigenvalue weighted by Gasteiger charge is -2.07. The second-order valence-corrected chi connectivity index (χ2v) is 3.90. The maximum absolute atomic E-state index is 5.71. The van der Waals surface area contributed by atoms with Crippen molar-refractivity contribution in [3.63, 3.8) is 0 Å². The number of benzene rings is 1. The Hall–Kier alpha value is -1.87. The van der Waals surface area contributed by atoms with Gasteiger partial charge in [-0.1, -0.05) is 24.3 Å². The molecule has 0 unspecified atom stereocenters. The summed E-state index contributed by atoms with van der Waals surface area (Å²) in [5.41, 5.74) is 2.25. The van der Waals surface area contributed by atoms with Crippen molar-refractivity contribution in [2.75, 3.05) is 7.05 Å². The van der Waals surface area contributed by atoms with Crippen molar-refractivity contribution in [2.24, 2.45) is 0 Å². The van der Waals surface area contributed by atoms with E-state index in [2.05, 4.69) is 10.3 Å². The molecule has 0 saturated heterocycles. The molecule has 0 aliphatic heterocycles. The number of nitrogens with zero attached hydrogens (tertiary/aromatic N) is 1. The Labute approximate surface area is 101 Å². The highest BCUT2D eigenvalue weighted by Gasteiger charge is 2.01. The highest BCUT2D eigenvalue weighted by molar-refractivity contribution is 5.35. The number of para-hydroxylation sites is 1. The average molecular weight is 228 g/mol. The lowest BCUT2D eigenvalue weighted by atomic mass is 10.2. The van der Waals surface area contributed by atoms with Crippen LogP contribution < -0.4 is 10.1 Å². The molecule has 2 rings (SSSR count). The Bertz CT molecular complexity index is 480. The molecule has 0 atom stereocenters. The van der Waals surface area contributed by atoms with E-state index < -0.39 is 0 Å². The minimum Gasteiger partial charge on any atom is -0.439 e. The van der Waals surface area contributed by atoms with Gasteiger partial charge in [0.1, 0.15) is 5.75 Å². The van der Waals surface area contributed by atoms with Gasteiger partial charge in [0.05, 0.1) is 0 Å². The number of ether oxygens (including phenoxy) is 1. The zero-order chi connectivity index (χ0) is 12.1. The monoisotopic (exact) mass is 228 g/mol. The van der Waals surface area contributed by atoms with E-state index in [1.54, 1.807) is 0 Å². The second-order valence-electron chi connectivity index (χ2n) is 3.90. The van der Waals surface area contributed by atoms with E-state index in [0.29, 0.717) is 5.88 Å². The Morgan fingerprint density at radius 3 is 2.65 bits per heavy atom. The van der Waals surface area contributed by atoms with Crippen molar-refractivity contribution in [1.82, 2.24) is 10.3 Å². The number of rotatable bonds is 4. The summed E-state index contributed by atoms with van der Waals surface area (Å²) in [5.74, 6) is 1.47. The summed E-state index contributed by atoms with van der Waals surface area (Å²) >= 11 is 0. The van der Waals surface area contributed by atoms with Crippen LogP contribution in [0.5, 0.6) is 11.6 Å². The molecule has 0 radical (unpaired) electrons. The molecule has 0 amide bonds. The maximum Gasteiger partial charge on any atom is 0.219 e. The van der Waals surface area contributed by atoms with Gasteiger partial charge in [0.25, 0.3) is 0 Å². The van der Waals surface area contributed by atoms with Crippen molar-refractivity contribution in [2.45, 2.75) is 13.5 Å². The van der Waals surface area contributed by atoms with Gasteiger partial charge in [0, 0.05) is 18.8 Å². The molecule has 0 bridgehead atoms. The molecule has 88 valence electrons. The zero-order valence-corrected chi connectivity index (χ0v) is 10.1. The number of nitrogens with one attached hydrogen (secondary N) is 1. The SMILES string of the molecule is CNCc1ccc(Oc2ccccc2C)nc1. The second kappa shape index (κ2) is 5.46. The van der Waals surface area contributed by atoms with Crippen LogP contribution in [0, 0.1) is 6.92 Å². The maximum atomic E-state index is 5.71. The predicted molar refractivity (Wildman–Crippen MR) is 68.3 cm³/mol. The molecular weight excluding hydrogens is 212 g/mol. The molecule has 1 N–H and O–H groups in total. The van der Waals surface area contributed by atoms with Gasteiger partial charge in [0.15, 0.2) is 0 Å². The molecular formula is C14H16N2O. The minimum absolute atomic E-state index is 0.624. The van der Waals surface area contributed by atoms with E-state index in [9.17, 15) is 0 Å². The zero-order valence-electron chi connectivity index (χ0n) is 10.1. The normalized spacial score (nSPS) is 10.2. The number of pyridine rings is 1. The summed E-state index contributed by atoms with van der Waals surface area (Å²) in [5, 5.41) is 3.08. The minimum atomic E-state index is 0.624. The van der Waals surface area contributed by atoms with Crippen LogP contribution in [0.15, 0.2) is 42.6 Å². The van der Waals surface area contributed by atoms with E-state index in [4.69, 9.17) is 4.74 Å². The number of hydrogen-bond acceptors (Lipinski definition) is 3. The first kappa shape index (κ1) is 11.6. The van der Waals surface area contributed by atoms with Gasteiger partial charge < -0.3 is 10.1 Å². The van der Waals surface area contributed by atoms with Gasteiger partial charge in [0.2, 0.25) is 5.88 Å². The van der Waals surface area contributed by atoms with Gasteiger partial charge in [-0.25, -0.2) is 4.98 Å². The standard InChI is InChI=1S/C14H16N2O/c1-11-5-3-4-6-13(11)17-14-8-7-12(9-15-2)10-16-14/h3-8,10,15H,9H2,1-2H3. The Kier molecular flexibility index (Phi) is 3.73. The van der Waals surface area contributed by atoms with Crippen molar-refractivity contribution in [3.05, 3.63) is 53.7 Å². The van der Waals surface area contributed by atoms with E-state index in [0.717, 1.165) is 23.4 Å². The molecule has 0 saturated carbocycles. The molecule has 3 heteroatoms. The highest BCUT2D eigenvalue weighted by Crippen LogP contribution is 2.22. The summed E-state index contributed by atoms with van der Waals surface area (Å²) < 4.78 is 5.71. The number of aryl methyl sites for hydroxylation is 1. The van der Waals surface area contributed by atoms with Gasteiger partial charge in [-0.2, -0.15) is 0 Å². The van der Waals surface area contributed by atoms with Gasteiger partial charge >= 0.3 is 0 Å². The molecule has 3 nitrogen and oxygen atoms in total. The number of aromatic nitrogens is 1. The van der Waals surface area contributed by atoms with Crippen LogP contribution in [-0.2, 0) is 6.54 Å².